The van der Waals surface area contributed by atoms with E-state index in [0.29, 0.717) is 26.2 Å². The lowest BCUT2D eigenvalue weighted by atomic mass is 10.1. The van der Waals surface area contributed by atoms with E-state index in [-0.39, 0.29) is 22.2 Å². The van der Waals surface area contributed by atoms with Gasteiger partial charge in [-0.1, -0.05) is 11.6 Å². The number of amides is 1. The monoisotopic (exact) mass is 453 g/mol. The molecule has 0 bridgehead atoms. The molecule has 0 saturated carbocycles. The molecule has 0 spiro atoms. The average Bonchev–Trinajstić information content (AvgIpc) is 2.84. The number of nitrogens with zero attached hydrogens (tertiary/aromatic N) is 5. The number of anilines is 1. The first-order chi connectivity index (χ1) is 15.5. The lowest BCUT2D eigenvalue weighted by molar-refractivity contribution is -0.384. The Labute approximate surface area is 189 Å². The number of nitro benzene ring substituents is 1. The minimum atomic E-state index is -0.591. The van der Waals surface area contributed by atoms with Crippen LogP contribution in [0.1, 0.15) is 10.4 Å². The minimum absolute atomic E-state index is 0.00722. The first kappa shape index (κ1) is 21.5. The van der Waals surface area contributed by atoms with E-state index in [1.165, 1.54) is 24.5 Å². The zero-order chi connectivity index (χ0) is 22.7. The number of halogens is 1. The van der Waals surface area contributed by atoms with Crippen LogP contribution in [0, 0.1) is 10.1 Å². The molecule has 1 aliphatic heterocycles. The molecule has 1 aromatic heterocycles. The summed E-state index contributed by atoms with van der Waals surface area (Å²) in [5, 5.41) is 11.1. The van der Waals surface area contributed by atoms with Gasteiger partial charge in [0.2, 0.25) is 0 Å². The van der Waals surface area contributed by atoms with Crippen molar-refractivity contribution >= 4 is 29.0 Å². The summed E-state index contributed by atoms with van der Waals surface area (Å²) < 4.78 is 5.20. The zero-order valence-corrected chi connectivity index (χ0v) is 18.0. The fraction of sp³-hybridized carbons (Fsp3) is 0.227. The second-order valence-electron chi connectivity index (χ2n) is 7.19. The van der Waals surface area contributed by atoms with Crippen molar-refractivity contribution in [3.63, 3.8) is 0 Å². The van der Waals surface area contributed by atoms with Crippen LogP contribution in [0.5, 0.6) is 5.75 Å². The second kappa shape index (κ2) is 9.19. The van der Waals surface area contributed by atoms with Gasteiger partial charge in [0, 0.05) is 49.4 Å². The van der Waals surface area contributed by atoms with Crippen LogP contribution in [0.3, 0.4) is 0 Å². The zero-order valence-electron chi connectivity index (χ0n) is 17.3. The summed E-state index contributed by atoms with van der Waals surface area (Å²) in [6.07, 6.45) is 1.53. The van der Waals surface area contributed by atoms with E-state index >= 15 is 0 Å². The van der Waals surface area contributed by atoms with Gasteiger partial charge in [-0.05, 0) is 36.4 Å². The predicted octanol–water partition coefficient (Wildman–Crippen LogP) is 3.68. The molecular formula is C22H20ClN5O4. The summed E-state index contributed by atoms with van der Waals surface area (Å²) in [4.78, 5) is 35.9. The van der Waals surface area contributed by atoms with Crippen molar-refractivity contribution < 1.29 is 14.5 Å². The van der Waals surface area contributed by atoms with Gasteiger partial charge < -0.3 is 14.5 Å². The van der Waals surface area contributed by atoms with Crippen LogP contribution in [-0.4, -0.2) is 59.0 Å². The van der Waals surface area contributed by atoms with Crippen LogP contribution in [0.2, 0.25) is 5.02 Å². The van der Waals surface area contributed by atoms with Gasteiger partial charge in [-0.15, -0.1) is 0 Å². The molecule has 9 nitrogen and oxygen atoms in total. The number of rotatable bonds is 5. The topological polar surface area (TPSA) is 102 Å². The summed E-state index contributed by atoms with van der Waals surface area (Å²) in [5.74, 6) is 1.29. The van der Waals surface area contributed by atoms with Crippen LogP contribution < -0.4 is 9.64 Å². The largest absolute Gasteiger partial charge is 0.497 e. The summed E-state index contributed by atoms with van der Waals surface area (Å²) in [6, 6.07) is 13.7. The van der Waals surface area contributed by atoms with Crippen LogP contribution in [-0.2, 0) is 0 Å². The Hall–Kier alpha value is -3.72. The van der Waals surface area contributed by atoms with Gasteiger partial charge >= 0.3 is 0 Å². The summed E-state index contributed by atoms with van der Waals surface area (Å²) >= 11 is 5.85. The fourth-order valence-electron chi connectivity index (χ4n) is 3.55. The second-order valence-corrected chi connectivity index (χ2v) is 7.60. The van der Waals surface area contributed by atoms with E-state index in [2.05, 4.69) is 14.9 Å². The van der Waals surface area contributed by atoms with Gasteiger partial charge in [-0.3, -0.25) is 14.9 Å². The van der Waals surface area contributed by atoms with Crippen LogP contribution in [0.4, 0.5) is 11.5 Å². The lowest BCUT2D eigenvalue weighted by Crippen LogP contribution is -2.49. The van der Waals surface area contributed by atoms with Gasteiger partial charge in [0.25, 0.3) is 11.6 Å². The summed E-state index contributed by atoms with van der Waals surface area (Å²) in [6.45, 7) is 2.11. The van der Waals surface area contributed by atoms with E-state index in [9.17, 15) is 14.9 Å². The van der Waals surface area contributed by atoms with Gasteiger partial charge in [0.05, 0.1) is 17.7 Å². The van der Waals surface area contributed by atoms with Crippen molar-refractivity contribution in [1.29, 1.82) is 0 Å². The summed E-state index contributed by atoms with van der Waals surface area (Å²) in [5.41, 5.74) is 1.72. The molecular weight excluding hydrogens is 434 g/mol. The molecule has 32 heavy (non-hydrogen) atoms. The molecule has 0 atom stereocenters. The molecule has 0 aliphatic carbocycles. The fourth-order valence-corrected chi connectivity index (χ4v) is 3.73. The first-order valence-electron chi connectivity index (χ1n) is 9.91. The van der Waals surface area contributed by atoms with Crippen molar-refractivity contribution in [2.75, 3.05) is 38.2 Å². The molecule has 0 N–H and O–H groups in total. The Morgan fingerprint density at radius 2 is 1.78 bits per heavy atom. The third-order valence-corrected chi connectivity index (χ3v) is 5.64. The maximum absolute atomic E-state index is 12.8. The number of carbonyl (C=O) groups excluding carboxylic acids is 1. The number of benzene rings is 2. The highest BCUT2D eigenvalue weighted by atomic mass is 35.5. The molecule has 1 saturated heterocycles. The number of hydrogen-bond donors (Lipinski definition) is 0. The quantitative estimate of drug-likeness (QED) is 0.429. The number of ether oxygens (including phenoxy) is 1. The molecule has 1 aliphatic rings. The molecule has 1 amide bonds. The number of hydrogen-bond acceptors (Lipinski definition) is 7. The van der Waals surface area contributed by atoms with Crippen molar-refractivity contribution in [3.8, 4) is 17.0 Å². The smallest absolute Gasteiger partial charge is 0.288 e. The van der Waals surface area contributed by atoms with Crippen molar-refractivity contribution in [2.45, 2.75) is 0 Å². The Morgan fingerprint density at radius 3 is 2.44 bits per heavy atom. The van der Waals surface area contributed by atoms with Crippen LogP contribution in [0.15, 0.2) is 54.9 Å². The third kappa shape index (κ3) is 4.47. The molecule has 2 heterocycles. The maximum Gasteiger partial charge on any atom is 0.288 e. The third-order valence-electron chi connectivity index (χ3n) is 5.32. The Morgan fingerprint density at radius 1 is 1.06 bits per heavy atom. The Bertz CT molecular complexity index is 1150. The molecule has 0 radical (unpaired) electrons. The molecule has 3 aromatic rings. The molecule has 2 aromatic carbocycles. The summed E-state index contributed by atoms with van der Waals surface area (Å²) in [7, 11) is 1.62. The van der Waals surface area contributed by atoms with Crippen molar-refractivity contribution in [2.24, 2.45) is 0 Å². The number of nitro groups is 1. The normalized spacial score (nSPS) is 13.7. The highest BCUT2D eigenvalue weighted by Gasteiger charge is 2.25. The van der Waals surface area contributed by atoms with Crippen LogP contribution in [0.25, 0.3) is 11.3 Å². The first-order valence-corrected chi connectivity index (χ1v) is 10.3. The lowest BCUT2D eigenvalue weighted by Gasteiger charge is -2.35. The highest BCUT2D eigenvalue weighted by Crippen LogP contribution is 2.27. The van der Waals surface area contributed by atoms with Gasteiger partial charge in [-0.25, -0.2) is 9.97 Å². The molecule has 0 unspecified atom stereocenters. The number of methoxy groups -OCH3 is 1. The van der Waals surface area contributed by atoms with E-state index < -0.39 is 4.92 Å². The van der Waals surface area contributed by atoms with E-state index in [1.807, 2.05) is 30.3 Å². The molecule has 10 heteroatoms. The minimum Gasteiger partial charge on any atom is -0.497 e. The Kier molecular flexibility index (Phi) is 6.18. The number of aromatic nitrogens is 2. The molecule has 4 rings (SSSR count). The van der Waals surface area contributed by atoms with Gasteiger partial charge in [0.15, 0.2) is 0 Å². The van der Waals surface area contributed by atoms with E-state index in [4.69, 9.17) is 16.3 Å². The van der Waals surface area contributed by atoms with E-state index in [0.717, 1.165) is 22.8 Å². The molecule has 1 fully saturated rings. The van der Waals surface area contributed by atoms with Crippen molar-refractivity contribution in [3.05, 3.63) is 75.6 Å². The maximum atomic E-state index is 12.8. The predicted molar refractivity (Wildman–Crippen MR) is 120 cm³/mol. The van der Waals surface area contributed by atoms with E-state index in [1.54, 1.807) is 12.0 Å². The van der Waals surface area contributed by atoms with Crippen molar-refractivity contribution in [1.82, 2.24) is 14.9 Å². The standard InChI is InChI=1S/C22H20ClN5O4/c1-32-17-5-2-15(3-6-17)19-13-21(25-14-24-19)26-8-10-27(11-9-26)22(29)16-4-7-18(23)20(12-16)28(30)31/h2-7,12-14H,8-11H2,1H3. The number of piperazine rings is 1. The van der Waals surface area contributed by atoms with Gasteiger partial charge in [0.1, 0.15) is 22.9 Å². The molecule has 164 valence electrons. The highest BCUT2D eigenvalue weighted by molar-refractivity contribution is 6.32. The SMILES string of the molecule is COc1ccc(-c2cc(N3CCN(C(=O)c4ccc(Cl)c([N+](=O)[O-])c4)CC3)ncn2)cc1. The van der Waals surface area contributed by atoms with Gasteiger partial charge in [-0.2, -0.15) is 0 Å². The van der Waals surface area contributed by atoms with Crippen LogP contribution >= 0.6 is 11.6 Å². The average molecular weight is 454 g/mol. The Balaban J connectivity index is 1.44. The number of carbonyl (C=O) groups is 1.